The monoisotopic (exact) mass is 207 g/mol. The van der Waals surface area contributed by atoms with Crippen LogP contribution in [0.2, 0.25) is 5.02 Å². The van der Waals surface area contributed by atoms with Gasteiger partial charge in [0.05, 0.1) is 16.9 Å². The van der Waals surface area contributed by atoms with Crippen LogP contribution in [0.5, 0.6) is 0 Å². The summed E-state index contributed by atoms with van der Waals surface area (Å²) < 4.78 is 1.40. The van der Waals surface area contributed by atoms with Crippen molar-refractivity contribution < 1.29 is 4.79 Å². The predicted octanol–water partition coefficient (Wildman–Crippen LogP) is 1.73. The number of para-hydroxylation sites is 1. The Hall–Kier alpha value is -1.68. The van der Waals surface area contributed by atoms with Crippen LogP contribution < -0.4 is 0 Å². The van der Waals surface area contributed by atoms with E-state index in [1.54, 1.807) is 12.1 Å². The maximum atomic E-state index is 10.6. The van der Waals surface area contributed by atoms with Gasteiger partial charge in [-0.1, -0.05) is 28.9 Å². The van der Waals surface area contributed by atoms with Gasteiger partial charge in [0.25, 0.3) is 0 Å². The molecule has 1 heterocycles. The zero-order chi connectivity index (χ0) is 9.97. The highest BCUT2D eigenvalue weighted by atomic mass is 35.5. The Morgan fingerprint density at radius 2 is 2.14 bits per heavy atom. The third-order valence-corrected chi connectivity index (χ3v) is 2.10. The van der Waals surface area contributed by atoms with Crippen LogP contribution in [0.1, 0.15) is 10.5 Å². The van der Waals surface area contributed by atoms with Gasteiger partial charge in [0.2, 0.25) is 0 Å². The van der Waals surface area contributed by atoms with E-state index in [1.807, 2.05) is 12.1 Å². The number of hydrogen-bond donors (Lipinski definition) is 0. The summed E-state index contributed by atoms with van der Waals surface area (Å²) in [7, 11) is 0. The van der Waals surface area contributed by atoms with Crippen molar-refractivity contribution in [3.8, 4) is 5.69 Å². The number of carbonyl (C=O) groups excluding carboxylic acids is 1. The van der Waals surface area contributed by atoms with Gasteiger partial charge < -0.3 is 0 Å². The Morgan fingerprint density at radius 1 is 1.36 bits per heavy atom. The lowest BCUT2D eigenvalue weighted by atomic mass is 10.3. The molecule has 0 unspecified atom stereocenters. The van der Waals surface area contributed by atoms with Crippen molar-refractivity contribution in [2.75, 3.05) is 0 Å². The molecule has 0 bridgehead atoms. The minimum absolute atomic E-state index is 0.373. The average molecular weight is 208 g/mol. The van der Waals surface area contributed by atoms with Crippen molar-refractivity contribution in [2.45, 2.75) is 0 Å². The van der Waals surface area contributed by atoms with E-state index in [-0.39, 0.29) is 0 Å². The number of aldehydes is 1. The number of benzene rings is 1. The van der Waals surface area contributed by atoms with Crippen LogP contribution in [0.4, 0.5) is 0 Å². The molecule has 1 aromatic carbocycles. The molecule has 70 valence electrons. The quantitative estimate of drug-likeness (QED) is 0.705. The Labute approximate surface area is 85.1 Å². The summed E-state index contributed by atoms with van der Waals surface area (Å²) in [6.07, 6.45) is 2.07. The van der Waals surface area contributed by atoms with Crippen molar-refractivity contribution in [1.82, 2.24) is 15.0 Å². The molecule has 2 aromatic rings. The minimum atomic E-state index is 0.373. The SMILES string of the molecule is O=Cc1cnnn1-c1ccccc1Cl. The summed E-state index contributed by atoms with van der Waals surface area (Å²) in [5, 5.41) is 7.93. The van der Waals surface area contributed by atoms with Crippen molar-refractivity contribution in [3.05, 3.63) is 41.2 Å². The van der Waals surface area contributed by atoms with Crippen molar-refractivity contribution in [2.24, 2.45) is 0 Å². The van der Waals surface area contributed by atoms with Gasteiger partial charge in [-0.2, -0.15) is 0 Å². The van der Waals surface area contributed by atoms with Gasteiger partial charge in [0.1, 0.15) is 5.69 Å². The fraction of sp³-hybridized carbons (Fsp3) is 0. The summed E-state index contributed by atoms with van der Waals surface area (Å²) in [6, 6.07) is 7.12. The third-order valence-electron chi connectivity index (χ3n) is 1.78. The van der Waals surface area contributed by atoms with Crippen LogP contribution in [-0.2, 0) is 0 Å². The summed E-state index contributed by atoms with van der Waals surface area (Å²) in [6.45, 7) is 0. The molecule has 0 saturated carbocycles. The van der Waals surface area contributed by atoms with E-state index in [0.29, 0.717) is 22.7 Å². The highest BCUT2D eigenvalue weighted by molar-refractivity contribution is 6.32. The second kappa shape index (κ2) is 3.59. The van der Waals surface area contributed by atoms with Crippen molar-refractivity contribution in [3.63, 3.8) is 0 Å². The number of aromatic nitrogens is 3. The Kier molecular flexibility index (Phi) is 2.28. The van der Waals surface area contributed by atoms with Crippen molar-refractivity contribution in [1.29, 1.82) is 0 Å². The van der Waals surface area contributed by atoms with Gasteiger partial charge in [-0.15, -0.1) is 5.10 Å². The zero-order valence-electron chi connectivity index (χ0n) is 7.09. The largest absolute Gasteiger partial charge is 0.296 e. The Bertz CT molecular complexity index is 467. The van der Waals surface area contributed by atoms with Crippen LogP contribution in [0, 0.1) is 0 Å². The predicted molar refractivity (Wildman–Crippen MR) is 51.8 cm³/mol. The fourth-order valence-electron chi connectivity index (χ4n) is 1.13. The van der Waals surface area contributed by atoms with Crippen LogP contribution >= 0.6 is 11.6 Å². The molecule has 1 aromatic heterocycles. The van der Waals surface area contributed by atoms with E-state index in [4.69, 9.17) is 11.6 Å². The Balaban J connectivity index is 2.60. The molecule has 0 aliphatic carbocycles. The van der Waals surface area contributed by atoms with E-state index >= 15 is 0 Å². The standard InChI is InChI=1S/C9H6ClN3O/c10-8-3-1-2-4-9(8)13-7(6-14)5-11-12-13/h1-6H. The third kappa shape index (κ3) is 1.40. The normalized spacial score (nSPS) is 10.1. The molecule has 0 radical (unpaired) electrons. The van der Waals surface area contributed by atoms with Gasteiger partial charge in [0.15, 0.2) is 6.29 Å². The highest BCUT2D eigenvalue weighted by Gasteiger charge is 2.07. The maximum Gasteiger partial charge on any atom is 0.170 e. The van der Waals surface area contributed by atoms with E-state index < -0.39 is 0 Å². The second-order valence-corrected chi connectivity index (χ2v) is 3.05. The van der Waals surface area contributed by atoms with Crippen LogP contribution in [-0.4, -0.2) is 21.3 Å². The number of halogens is 1. The van der Waals surface area contributed by atoms with Gasteiger partial charge >= 0.3 is 0 Å². The fourth-order valence-corrected chi connectivity index (χ4v) is 1.35. The lowest BCUT2D eigenvalue weighted by Crippen LogP contribution is -2.01. The van der Waals surface area contributed by atoms with Crippen LogP contribution in [0.15, 0.2) is 30.5 Å². The molecule has 4 nitrogen and oxygen atoms in total. The average Bonchev–Trinajstić information content (AvgIpc) is 2.66. The highest BCUT2D eigenvalue weighted by Crippen LogP contribution is 2.19. The number of nitrogens with zero attached hydrogens (tertiary/aromatic N) is 3. The van der Waals surface area contributed by atoms with Crippen molar-refractivity contribution >= 4 is 17.9 Å². The Morgan fingerprint density at radius 3 is 2.86 bits per heavy atom. The first-order valence-electron chi connectivity index (χ1n) is 3.93. The molecule has 0 amide bonds. The van der Waals surface area contributed by atoms with Crippen LogP contribution in [0.3, 0.4) is 0 Å². The molecule has 0 saturated heterocycles. The second-order valence-electron chi connectivity index (χ2n) is 2.64. The van der Waals surface area contributed by atoms with Gasteiger partial charge in [-0.05, 0) is 12.1 Å². The van der Waals surface area contributed by atoms with E-state index in [0.717, 1.165) is 0 Å². The molecule has 14 heavy (non-hydrogen) atoms. The molecule has 0 atom stereocenters. The topological polar surface area (TPSA) is 47.8 Å². The van der Waals surface area contributed by atoms with Gasteiger partial charge in [0, 0.05) is 0 Å². The molecular formula is C9H6ClN3O. The summed E-state index contributed by atoms with van der Waals surface area (Å²) in [5.74, 6) is 0. The van der Waals surface area contributed by atoms with Crippen LogP contribution in [0.25, 0.3) is 5.69 Å². The number of carbonyl (C=O) groups is 1. The maximum absolute atomic E-state index is 10.6. The molecule has 0 aliphatic heterocycles. The molecular weight excluding hydrogens is 202 g/mol. The van der Waals surface area contributed by atoms with Gasteiger partial charge in [-0.3, -0.25) is 4.79 Å². The smallest absolute Gasteiger partial charge is 0.170 e. The minimum Gasteiger partial charge on any atom is -0.296 e. The first-order valence-corrected chi connectivity index (χ1v) is 4.31. The first kappa shape index (κ1) is 8.90. The van der Waals surface area contributed by atoms with E-state index in [2.05, 4.69) is 10.3 Å². The molecule has 0 spiro atoms. The molecule has 0 fully saturated rings. The summed E-state index contributed by atoms with van der Waals surface area (Å²) in [5.41, 5.74) is 1.02. The number of hydrogen-bond acceptors (Lipinski definition) is 3. The first-order chi connectivity index (χ1) is 6.83. The van der Waals surface area contributed by atoms with E-state index in [1.165, 1.54) is 10.9 Å². The lowest BCUT2D eigenvalue weighted by Gasteiger charge is -2.03. The summed E-state index contributed by atoms with van der Waals surface area (Å²) >= 11 is 5.94. The van der Waals surface area contributed by atoms with E-state index in [9.17, 15) is 4.79 Å². The molecule has 0 aliphatic rings. The van der Waals surface area contributed by atoms with Gasteiger partial charge in [-0.25, -0.2) is 4.68 Å². The number of rotatable bonds is 2. The lowest BCUT2D eigenvalue weighted by molar-refractivity contribution is 0.111. The molecule has 2 rings (SSSR count). The molecule has 5 heteroatoms. The zero-order valence-corrected chi connectivity index (χ0v) is 7.85. The molecule has 0 N–H and O–H groups in total. The summed E-state index contributed by atoms with van der Waals surface area (Å²) in [4.78, 5) is 10.6.